The minimum absolute atomic E-state index is 0.0550. The lowest BCUT2D eigenvalue weighted by Crippen LogP contribution is -2.43. The molecule has 0 fully saturated rings. The van der Waals surface area contributed by atoms with Crippen LogP contribution in [0.5, 0.6) is 0 Å². The van der Waals surface area contributed by atoms with Crippen molar-refractivity contribution in [1.29, 1.82) is 0 Å². The van der Waals surface area contributed by atoms with Crippen LogP contribution in [-0.2, 0) is 5.41 Å². The van der Waals surface area contributed by atoms with Gasteiger partial charge in [0, 0.05) is 27.1 Å². The predicted molar refractivity (Wildman–Crippen MR) is 103 cm³/mol. The molecule has 0 saturated carbocycles. The van der Waals surface area contributed by atoms with E-state index >= 15 is 0 Å². The largest absolute Gasteiger partial charge is 0.400 e. The molecule has 2 aromatic rings. The minimum Gasteiger partial charge on any atom is -0.288 e. The van der Waals surface area contributed by atoms with E-state index in [2.05, 4.69) is 4.99 Å². The summed E-state index contributed by atoms with van der Waals surface area (Å²) in [7, 11) is 0. The van der Waals surface area contributed by atoms with Crippen LogP contribution in [0.25, 0.3) is 0 Å². The van der Waals surface area contributed by atoms with Crippen molar-refractivity contribution in [3.63, 3.8) is 0 Å². The van der Waals surface area contributed by atoms with Gasteiger partial charge in [-0.1, -0.05) is 42.3 Å². The fraction of sp³-hybridized carbons (Fsp3) is 0.316. The fourth-order valence-electron chi connectivity index (χ4n) is 3.11. The molecule has 26 heavy (non-hydrogen) atoms. The fourth-order valence-corrected chi connectivity index (χ4v) is 4.30. The van der Waals surface area contributed by atoms with Crippen molar-refractivity contribution in [3.05, 3.63) is 63.6 Å². The minimum atomic E-state index is -4.47. The molecule has 1 aliphatic rings. The lowest BCUT2D eigenvalue weighted by molar-refractivity contribution is -0.183. The maximum Gasteiger partial charge on any atom is 0.400 e. The molecule has 0 saturated heterocycles. The molecule has 0 amide bonds. The summed E-state index contributed by atoms with van der Waals surface area (Å²) in [4.78, 5) is 5.32. The maximum atomic E-state index is 14.1. The summed E-state index contributed by atoms with van der Waals surface area (Å²) in [5, 5.41) is 0.371. The summed E-state index contributed by atoms with van der Waals surface area (Å²) in [6.45, 7) is 1.68. The average molecular weight is 418 g/mol. The van der Waals surface area contributed by atoms with Crippen LogP contribution in [0.2, 0.25) is 10.0 Å². The molecule has 1 aliphatic heterocycles. The highest BCUT2D eigenvalue weighted by molar-refractivity contribution is 7.99. The Bertz CT molecular complexity index is 813. The van der Waals surface area contributed by atoms with Crippen molar-refractivity contribution in [2.24, 2.45) is 4.99 Å². The van der Waals surface area contributed by atoms with E-state index in [1.165, 1.54) is 18.2 Å². The number of hydrogen-bond acceptors (Lipinski definition) is 2. The Kier molecular flexibility index (Phi) is 5.61. The number of rotatable bonds is 4. The van der Waals surface area contributed by atoms with Crippen molar-refractivity contribution < 1.29 is 13.2 Å². The van der Waals surface area contributed by atoms with Gasteiger partial charge in [0.2, 0.25) is 0 Å². The summed E-state index contributed by atoms with van der Waals surface area (Å²) in [6, 6.07) is 11.6. The van der Waals surface area contributed by atoms with E-state index in [1.54, 1.807) is 11.8 Å². The first-order valence-electron chi connectivity index (χ1n) is 8.05. The van der Waals surface area contributed by atoms with Crippen LogP contribution in [0, 0.1) is 0 Å². The Labute approximate surface area is 164 Å². The van der Waals surface area contributed by atoms with Crippen LogP contribution >= 0.6 is 35.0 Å². The van der Waals surface area contributed by atoms with E-state index in [4.69, 9.17) is 23.2 Å². The zero-order chi connectivity index (χ0) is 18.9. The zero-order valence-corrected chi connectivity index (χ0v) is 16.2. The normalized spacial score (nSPS) is 20.3. The molecule has 0 bridgehead atoms. The second kappa shape index (κ2) is 7.45. The smallest absolute Gasteiger partial charge is 0.288 e. The molecule has 1 unspecified atom stereocenters. The summed E-state index contributed by atoms with van der Waals surface area (Å²) in [6.07, 6.45) is -4.70. The molecule has 0 radical (unpaired) electrons. The molecule has 0 spiro atoms. The maximum absolute atomic E-state index is 14.1. The van der Waals surface area contributed by atoms with Gasteiger partial charge in [0.1, 0.15) is 5.41 Å². The first-order valence-corrected chi connectivity index (χ1v) is 9.79. The molecule has 7 heteroatoms. The third kappa shape index (κ3) is 3.75. The molecule has 1 nitrogen and oxygen atoms in total. The molecular weight excluding hydrogens is 402 g/mol. The van der Waals surface area contributed by atoms with Gasteiger partial charge in [-0.05, 0) is 47.2 Å². The van der Waals surface area contributed by atoms with Gasteiger partial charge >= 0.3 is 6.18 Å². The van der Waals surface area contributed by atoms with Crippen LogP contribution in [0.3, 0.4) is 0 Å². The van der Waals surface area contributed by atoms with E-state index in [-0.39, 0.29) is 28.6 Å². The standard InChI is InChI=1S/C19H16Cl2F3NS/c1-2-26-16-5-3-12(4-6-16)17-10-18(11-25-17,19(22,23)24)13-7-14(20)9-15(21)8-13/h3-9H,2,10-11H2,1H3. The second-order valence-electron chi connectivity index (χ2n) is 6.14. The zero-order valence-electron chi connectivity index (χ0n) is 13.9. The van der Waals surface area contributed by atoms with E-state index < -0.39 is 11.6 Å². The molecule has 0 N–H and O–H groups in total. The van der Waals surface area contributed by atoms with Gasteiger partial charge in [0.05, 0.1) is 6.54 Å². The van der Waals surface area contributed by atoms with Crippen molar-refractivity contribution >= 4 is 40.7 Å². The summed E-state index contributed by atoms with van der Waals surface area (Å²) in [5.74, 6) is 0.938. The van der Waals surface area contributed by atoms with Gasteiger partial charge in [0.25, 0.3) is 0 Å². The number of thioether (sulfide) groups is 1. The number of halogens is 5. The highest BCUT2D eigenvalue weighted by Gasteiger charge is 2.58. The lowest BCUT2D eigenvalue weighted by Gasteiger charge is -2.31. The third-order valence-electron chi connectivity index (χ3n) is 4.47. The molecule has 1 atom stereocenters. The summed E-state index contributed by atoms with van der Waals surface area (Å²) < 4.78 is 42.2. The lowest BCUT2D eigenvalue weighted by atomic mass is 9.76. The monoisotopic (exact) mass is 417 g/mol. The molecule has 3 rings (SSSR count). The number of nitrogens with zero attached hydrogens (tertiary/aromatic N) is 1. The predicted octanol–water partition coefficient (Wildman–Crippen LogP) is 6.80. The Morgan fingerprint density at radius 3 is 2.23 bits per heavy atom. The van der Waals surface area contributed by atoms with Crippen molar-refractivity contribution in [1.82, 2.24) is 0 Å². The molecule has 138 valence electrons. The number of alkyl halides is 3. The first-order chi connectivity index (χ1) is 12.2. The van der Waals surface area contributed by atoms with Crippen molar-refractivity contribution in [2.75, 3.05) is 12.3 Å². The van der Waals surface area contributed by atoms with Gasteiger partial charge in [-0.3, -0.25) is 4.99 Å². The summed E-state index contributed by atoms with van der Waals surface area (Å²) in [5.41, 5.74) is -0.885. The van der Waals surface area contributed by atoms with Gasteiger partial charge in [-0.25, -0.2) is 0 Å². The van der Waals surface area contributed by atoms with Gasteiger partial charge in [0.15, 0.2) is 0 Å². The molecule has 0 aromatic heterocycles. The van der Waals surface area contributed by atoms with E-state index in [0.717, 1.165) is 10.6 Å². The Morgan fingerprint density at radius 1 is 1.08 bits per heavy atom. The SMILES string of the molecule is CCSc1ccc(C2=NCC(c3cc(Cl)cc(Cl)c3)(C(F)(F)F)C2)cc1. The van der Waals surface area contributed by atoms with Crippen LogP contribution < -0.4 is 0 Å². The second-order valence-corrected chi connectivity index (χ2v) is 8.35. The quantitative estimate of drug-likeness (QED) is 0.498. The van der Waals surface area contributed by atoms with Gasteiger partial charge in [-0.15, -0.1) is 11.8 Å². The molecular formula is C19H16Cl2F3NS. The van der Waals surface area contributed by atoms with Crippen LogP contribution in [0.15, 0.2) is 52.4 Å². The van der Waals surface area contributed by atoms with E-state index in [9.17, 15) is 13.2 Å². The van der Waals surface area contributed by atoms with Crippen molar-refractivity contribution in [2.45, 2.75) is 29.8 Å². The third-order valence-corrected chi connectivity index (χ3v) is 5.80. The Balaban J connectivity index is 1.95. The van der Waals surface area contributed by atoms with Gasteiger partial charge in [-0.2, -0.15) is 13.2 Å². The van der Waals surface area contributed by atoms with Crippen molar-refractivity contribution in [3.8, 4) is 0 Å². The Morgan fingerprint density at radius 2 is 1.69 bits per heavy atom. The number of aliphatic imine (C=N–C) groups is 1. The Hall–Kier alpha value is -1.17. The highest BCUT2D eigenvalue weighted by Crippen LogP contribution is 2.48. The van der Waals surface area contributed by atoms with E-state index in [1.807, 2.05) is 31.2 Å². The first kappa shape index (κ1) is 19.6. The molecule has 2 aromatic carbocycles. The van der Waals surface area contributed by atoms with Crippen LogP contribution in [0.4, 0.5) is 13.2 Å². The van der Waals surface area contributed by atoms with Crippen LogP contribution in [0.1, 0.15) is 24.5 Å². The number of hydrogen-bond donors (Lipinski definition) is 0. The molecule has 1 heterocycles. The highest BCUT2D eigenvalue weighted by atomic mass is 35.5. The molecule has 0 aliphatic carbocycles. The van der Waals surface area contributed by atoms with Gasteiger partial charge < -0.3 is 0 Å². The van der Waals surface area contributed by atoms with E-state index in [0.29, 0.717) is 11.3 Å². The number of benzene rings is 2. The summed E-state index contributed by atoms with van der Waals surface area (Å²) >= 11 is 13.6. The average Bonchev–Trinajstić information content (AvgIpc) is 3.01. The topological polar surface area (TPSA) is 12.4 Å². The van der Waals surface area contributed by atoms with Crippen LogP contribution in [-0.4, -0.2) is 24.2 Å².